The molecule has 1 saturated heterocycles. The standard InChI is InChI=1S/C31H32ClN5O5/c1-20-4-5-22(16-27(20)42-26-10-11-33-25-18-29(41-3)28(40-2)17-24(25)26)35-31(39)34-21-6-8-23(9-7-21)36-12-14-37(15-13-36)30(38)19-32/h4-11,16-18H,12-15,19H2,1-3H3,(H2,34,35,39). The molecule has 0 bridgehead atoms. The maximum absolute atomic E-state index is 12.8. The van der Waals surface area contributed by atoms with Crippen LogP contribution in [-0.4, -0.2) is 68.1 Å². The molecule has 0 saturated carbocycles. The number of rotatable bonds is 8. The first-order valence-electron chi connectivity index (χ1n) is 13.4. The molecule has 0 spiro atoms. The second-order valence-electron chi connectivity index (χ2n) is 9.74. The molecule has 42 heavy (non-hydrogen) atoms. The van der Waals surface area contributed by atoms with Crippen LogP contribution < -0.4 is 29.7 Å². The van der Waals surface area contributed by atoms with Gasteiger partial charge in [0.2, 0.25) is 5.91 Å². The highest BCUT2D eigenvalue weighted by Crippen LogP contribution is 2.38. The second-order valence-corrected chi connectivity index (χ2v) is 10.0. The lowest BCUT2D eigenvalue weighted by Crippen LogP contribution is -2.49. The predicted molar refractivity (Wildman–Crippen MR) is 165 cm³/mol. The number of anilines is 3. The Morgan fingerprint density at radius 3 is 2.19 bits per heavy atom. The minimum Gasteiger partial charge on any atom is -0.493 e. The molecule has 218 valence electrons. The molecule has 0 atom stereocenters. The van der Waals surface area contributed by atoms with Crippen molar-refractivity contribution < 1.29 is 23.8 Å². The van der Waals surface area contributed by atoms with Crippen molar-refractivity contribution >= 4 is 51.5 Å². The summed E-state index contributed by atoms with van der Waals surface area (Å²) in [4.78, 5) is 33.0. The van der Waals surface area contributed by atoms with Crippen LogP contribution in [-0.2, 0) is 4.79 Å². The SMILES string of the molecule is COc1cc2nccc(Oc3cc(NC(=O)Nc4ccc(N5CCN(C(=O)CCl)CC5)cc4)ccc3C)c2cc1OC. The number of aryl methyl sites for hydroxylation is 1. The van der Waals surface area contributed by atoms with Gasteiger partial charge in [0.15, 0.2) is 11.5 Å². The number of hydrogen-bond donors (Lipinski definition) is 2. The van der Waals surface area contributed by atoms with Crippen molar-refractivity contribution in [3.63, 3.8) is 0 Å². The Morgan fingerprint density at radius 2 is 1.50 bits per heavy atom. The summed E-state index contributed by atoms with van der Waals surface area (Å²) in [6, 6.07) is 18.1. The number of aromatic nitrogens is 1. The van der Waals surface area contributed by atoms with Crippen LogP contribution in [0.2, 0.25) is 0 Å². The Kier molecular flexibility index (Phi) is 8.83. The van der Waals surface area contributed by atoms with Gasteiger partial charge in [-0.25, -0.2) is 4.79 Å². The molecule has 5 rings (SSSR count). The number of urea groups is 1. The van der Waals surface area contributed by atoms with Gasteiger partial charge in [0.25, 0.3) is 0 Å². The summed E-state index contributed by atoms with van der Waals surface area (Å²) in [5, 5.41) is 6.51. The molecule has 1 aromatic heterocycles. The normalized spacial score (nSPS) is 13.0. The van der Waals surface area contributed by atoms with Crippen molar-refractivity contribution in [1.82, 2.24) is 9.88 Å². The van der Waals surface area contributed by atoms with Gasteiger partial charge in [-0.2, -0.15) is 0 Å². The third-order valence-electron chi connectivity index (χ3n) is 7.11. The molecule has 1 fully saturated rings. The van der Waals surface area contributed by atoms with Gasteiger partial charge in [-0.3, -0.25) is 9.78 Å². The number of benzene rings is 3. The topological polar surface area (TPSA) is 105 Å². The molecule has 10 nitrogen and oxygen atoms in total. The summed E-state index contributed by atoms with van der Waals surface area (Å²) in [7, 11) is 3.16. The molecular weight excluding hydrogens is 558 g/mol. The molecule has 11 heteroatoms. The van der Waals surface area contributed by atoms with E-state index < -0.39 is 0 Å². The Hall–Kier alpha value is -4.70. The third kappa shape index (κ3) is 6.44. The molecule has 3 amide bonds. The van der Waals surface area contributed by atoms with Gasteiger partial charge in [0.05, 0.1) is 19.7 Å². The number of fused-ring (bicyclic) bond motifs is 1. The lowest BCUT2D eigenvalue weighted by molar-refractivity contribution is -0.128. The van der Waals surface area contributed by atoms with Crippen LogP contribution in [0.15, 0.2) is 66.9 Å². The number of ether oxygens (including phenoxy) is 3. The molecular formula is C31H32ClN5O5. The van der Waals surface area contributed by atoms with Crippen LogP contribution in [0.5, 0.6) is 23.0 Å². The molecule has 0 aliphatic carbocycles. The number of nitrogens with one attached hydrogen (secondary N) is 2. The van der Waals surface area contributed by atoms with Gasteiger partial charge in [0.1, 0.15) is 17.4 Å². The van der Waals surface area contributed by atoms with E-state index in [4.69, 9.17) is 25.8 Å². The minimum absolute atomic E-state index is 0.00688. The van der Waals surface area contributed by atoms with Crippen LogP contribution in [0.1, 0.15) is 5.56 Å². The Balaban J connectivity index is 1.23. The zero-order valence-electron chi connectivity index (χ0n) is 23.6. The number of nitrogens with zero attached hydrogens (tertiary/aromatic N) is 3. The lowest BCUT2D eigenvalue weighted by atomic mass is 10.1. The Morgan fingerprint density at radius 1 is 0.833 bits per heavy atom. The van der Waals surface area contributed by atoms with Crippen molar-refractivity contribution in [1.29, 1.82) is 0 Å². The summed E-state index contributed by atoms with van der Waals surface area (Å²) in [6.07, 6.45) is 1.67. The Bertz CT molecular complexity index is 1590. The number of pyridine rings is 1. The molecule has 2 N–H and O–H groups in total. The highest BCUT2D eigenvalue weighted by Gasteiger charge is 2.20. The van der Waals surface area contributed by atoms with Crippen LogP contribution in [0.3, 0.4) is 0 Å². The van der Waals surface area contributed by atoms with Gasteiger partial charge in [-0.1, -0.05) is 6.07 Å². The van der Waals surface area contributed by atoms with Crippen molar-refractivity contribution in [2.75, 3.05) is 61.8 Å². The van der Waals surface area contributed by atoms with Gasteiger partial charge in [0, 0.05) is 67.0 Å². The number of piperazine rings is 1. The fraction of sp³-hybridized carbons (Fsp3) is 0.258. The smallest absolute Gasteiger partial charge is 0.323 e. The van der Waals surface area contributed by atoms with Gasteiger partial charge in [-0.15, -0.1) is 11.6 Å². The highest BCUT2D eigenvalue weighted by atomic mass is 35.5. The number of carbonyl (C=O) groups is 2. The van der Waals surface area contributed by atoms with E-state index in [9.17, 15) is 9.59 Å². The van der Waals surface area contributed by atoms with Crippen molar-refractivity contribution in [3.8, 4) is 23.0 Å². The molecule has 3 aromatic carbocycles. The van der Waals surface area contributed by atoms with E-state index in [0.717, 1.165) is 29.7 Å². The first-order valence-corrected chi connectivity index (χ1v) is 14.0. The maximum Gasteiger partial charge on any atom is 0.323 e. The second kappa shape index (κ2) is 12.9. The zero-order chi connectivity index (χ0) is 29.6. The van der Waals surface area contributed by atoms with Gasteiger partial charge < -0.3 is 34.6 Å². The third-order valence-corrected chi connectivity index (χ3v) is 7.34. The van der Waals surface area contributed by atoms with E-state index in [-0.39, 0.29) is 17.8 Å². The maximum atomic E-state index is 12.8. The summed E-state index contributed by atoms with van der Waals surface area (Å²) >= 11 is 5.67. The van der Waals surface area contributed by atoms with E-state index in [0.29, 0.717) is 53.0 Å². The summed E-state index contributed by atoms with van der Waals surface area (Å²) in [6.45, 7) is 4.66. The number of alkyl halides is 1. The molecule has 1 aliphatic heterocycles. The number of methoxy groups -OCH3 is 2. The first kappa shape index (κ1) is 28.8. The monoisotopic (exact) mass is 589 g/mol. The zero-order valence-corrected chi connectivity index (χ0v) is 24.4. The average molecular weight is 590 g/mol. The van der Waals surface area contributed by atoms with E-state index in [1.165, 1.54) is 0 Å². The number of hydrogen-bond acceptors (Lipinski definition) is 7. The first-order chi connectivity index (χ1) is 20.4. The van der Waals surface area contributed by atoms with E-state index >= 15 is 0 Å². The van der Waals surface area contributed by atoms with Crippen LogP contribution in [0, 0.1) is 6.92 Å². The number of halogens is 1. The quantitative estimate of drug-likeness (QED) is 0.247. The summed E-state index contributed by atoms with van der Waals surface area (Å²) < 4.78 is 17.1. The molecule has 0 unspecified atom stereocenters. The minimum atomic E-state index is -0.378. The fourth-order valence-corrected chi connectivity index (χ4v) is 4.96. The summed E-state index contributed by atoms with van der Waals surface area (Å²) in [5.74, 6) is 2.30. The largest absolute Gasteiger partial charge is 0.493 e. The van der Waals surface area contributed by atoms with E-state index in [2.05, 4.69) is 20.5 Å². The number of amides is 3. The van der Waals surface area contributed by atoms with Gasteiger partial charge in [-0.05, 0) is 55.0 Å². The highest BCUT2D eigenvalue weighted by molar-refractivity contribution is 6.27. The average Bonchev–Trinajstić information content (AvgIpc) is 3.02. The molecule has 0 radical (unpaired) electrons. The van der Waals surface area contributed by atoms with Crippen molar-refractivity contribution in [3.05, 3.63) is 72.4 Å². The van der Waals surface area contributed by atoms with Crippen molar-refractivity contribution in [2.24, 2.45) is 0 Å². The summed E-state index contributed by atoms with van der Waals surface area (Å²) in [5.41, 5.74) is 3.86. The van der Waals surface area contributed by atoms with Crippen LogP contribution >= 0.6 is 11.6 Å². The molecule has 4 aromatic rings. The van der Waals surface area contributed by atoms with Gasteiger partial charge >= 0.3 is 6.03 Å². The molecule has 2 heterocycles. The van der Waals surface area contributed by atoms with Crippen LogP contribution in [0.25, 0.3) is 10.9 Å². The van der Waals surface area contributed by atoms with Crippen molar-refractivity contribution in [2.45, 2.75) is 6.92 Å². The lowest BCUT2D eigenvalue weighted by Gasteiger charge is -2.36. The van der Waals surface area contributed by atoms with E-state index in [1.54, 1.807) is 43.5 Å². The fourth-order valence-electron chi connectivity index (χ4n) is 4.79. The number of carbonyl (C=O) groups excluding carboxylic acids is 2. The van der Waals surface area contributed by atoms with E-state index in [1.807, 2.05) is 49.4 Å². The molecule has 1 aliphatic rings. The predicted octanol–water partition coefficient (Wildman–Crippen LogP) is 5.88. The van der Waals surface area contributed by atoms with Crippen LogP contribution in [0.4, 0.5) is 21.9 Å². The Labute approximate surface area is 249 Å².